The highest BCUT2D eigenvalue weighted by atomic mass is 32.2. The van der Waals surface area contributed by atoms with E-state index in [1.54, 1.807) is 11.9 Å². The second kappa shape index (κ2) is 8.65. The second-order valence-electron chi connectivity index (χ2n) is 6.24. The number of rotatable bonds is 4. The van der Waals surface area contributed by atoms with Gasteiger partial charge in [-0.15, -0.1) is 0 Å². The van der Waals surface area contributed by atoms with Crippen LogP contribution in [0.4, 0.5) is 0 Å². The highest BCUT2D eigenvalue weighted by Gasteiger charge is 2.24. The molecule has 1 aliphatic rings. The maximum Gasteiger partial charge on any atom is 0.0803 e. The van der Waals surface area contributed by atoms with Crippen molar-refractivity contribution in [2.75, 3.05) is 26.2 Å². The molecule has 2 aromatic carbocycles. The first-order chi connectivity index (χ1) is 11.7. The van der Waals surface area contributed by atoms with Crippen molar-refractivity contribution in [3.8, 4) is 0 Å². The van der Waals surface area contributed by atoms with Crippen LogP contribution in [0, 0.1) is 0 Å². The predicted molar refractivity (Wildman–Crippen MR) is 97.6 cm³/mol. The Hall–Kier alpha value is -1.37. The van der Waals surface area contributed by atoms with Crippen LogP contribution >= 0.6 is 11.9 Å². The van der Waals surface area contributed by atoms with E-state index in [0.29, 0.717) is 26.2 Å². The fraction of sp³-hybridized carbons (Fsp3) is 0.368. The summed E-state index contributed by atoms with van der Waals surface area (Å²) >= 11 is 1.59. The molecule has 1 fully saturated rings. The summed E-state index contributed by atoms with van der Waals surface area (Å²) in [5.74, 6) is 0. The molecule has 0 aliphatic carbocycles. The van der Waals surface area contributed by atoms with Crippen LogP contribution in [0.3, 0.4) is 0 Å². The highest BCUT2D eigenvalue weighted by molar-refractivity contribution is 7.97. The number of hydrogen-bond acceptors (Lipinski definition) is 5. The molecule has 0 aromatic heterocycles. The van der Waals surface area contributed by atoms with Crippen molar-refractivity contribution >= 4 is 11.9 Å². The van der Waals surface area contributed by atoms with Gasteiger partial charge in [0.2, 0.25) is 0 Å². The summed E-state index contributed by atoms with van der Waals surface area (Å²) < 4.78 is 2.06. The van der Waals surface area contributed by atoms with Gasteiger partial charge in [-0.2, -0.15) is 0 Å². The zero-order valence-electron chi connectivity index (χ0n) is 13.7. The molecule has 1 heterocycles. The molecule has 1 aliphatic heterocycles. The number of nitrogens with zero attached hydrogens (tertiary/aromatic N) is 2. The lowest BCUT2D eigenvalue weighted by molar-refractivity contribution is 0.0256. The Morgan fingerprint density at radius 2 is 1.33 bits per heavy atom. The Kier molecular flexibility index (Phi) is 6.29. The minimum absolute atomic E-state index is 0.433. The molecule has 0 spiro atoms. The Bertz CT molecular complexity index is 544. The molecule has 0 bridgehead atoms. The standard InChI is InChI=1S/C19H24N2O2S/c22-17-12-20(11-16-7-3-1-4-8-16)13-18(23)15-21(14-17)24-19-9-5-2-6-10-19/h1-10,17-18,22-23H,11-15H2. The number of benzene rings is 2. The van der Waals surface area contributed by atoms with Crippen LogP contribution in [0.5, 0.6) is 0 Å². The largest absolute Gasteiger partial charge is 0.390 e. The van der Waals surface area contributed by atoms with Crippen LogP contribution in [0.1, 0.15) is 5.56 Å². The molecular formula is C19H24N2O2S. The molecule has 128 valence electrons. The fourth-order valence-corrected chi connectivity index (χ4v) is 4.08. The van der Waals surface area contributed by atoms with Gasteiger partial charge in [0.15, 0.2) is 0 Å². The van der Waals surface area contributed by atoms with E-state index >= 15 is 0 Å². The summed E-state index contributed by atoms with van der Waals surface area (Å²) in [5.41, 5.74) is 1.20. The second-order valence-corrected chi connectivity index (χ2v) is 7.41. The minimum atomic E-state index is -0.433. The number of aliphatic hydroxyl groups excluding tert-OH is 2. The van der Waals surface area contributed by atoms with Gasteiger partial charge in [-0.3, -0.25) is 4.90 Å². The van der Waals surface area contributed by atoms with Crippen LogP contribution in [0.2, 0.25) is 0 Å². The van der Waals surface area contributed by atoms with E-state index < -0.39 is 12.2 Å². The van der Waals surface area contributed by atoms with Crippen molar-refractivity contribution in [1.29, 1.82) is 0 Å². The third kappa shape index (κ3) is 5.33. The smallest absolute Gasteiger partial charge is 0.0803 e. The Balaban J connectivity index is 1.60. The van der Waals surface area contributed by atoms with E-state index in [4.69, 9.17) is 0 Å². The molecule has 4 nitrogen and oxygen atoms in total. The number of hydrogen-bond donors (Lipinski definition) is 2. The maximum atomic E-state index is 10.4. The van der Waals surface area contributed by atoms with Crippen molar-refractivity contribution in [2.24, 2.45) is 0 Å². The van der Waals surface area contributed by atoms with Gasteiger partial charge in [-0.1, -0.05) is 48.5 Å². The number of β-amino-alcohol motifs (C(OH)–C–C–N with tert-alkyl or cyclic N) is 2. The molecule has 5 heteroatoms. The van der Waals surface area contributed by atoms with Crippen LogP contribution in [-0.4, -0.2) is 57.8 Å². The van der Waals surface area contributed by atoms with Gasteiger partial charge in [-0.25, -0.2) is 4.31 Å². The van der Waals surface area contributed by atoms with Crippen molar-refractivity contribution in [3.63, 3.8) is 0 Å². The topological polar surface area (TPSA) is 46.9 Å². The number of aliphatic hydroxyl groups is 2. The maximum absolute atomic E-state index is 10.4. The lowest BCUT2D eigenvalue weighted by Gasteiger charge is -2.35. The first-order valence-electron chi connectivity index (χ1n) is 8.29. The van der Waals surface area contributed by atoms with E-state index in [-0.39, 0.29) is 0 Å². The Morgan fingerprint density at radius 3 is 1.92 bits per heavy atom. The average Bonchev–Trinajstić information content (AvgIpc) is 2.55. The van der Waals surface area contributed by atoms with Gasteiger partial charge >= 0.3 is 0 Å². The molecule has 24 heavy (non-hydrogen) atoms. The van der Waals surface area contributed by atoms with E-state index in [9.17, 15) is 10.2 Å². The summed E-state index contributed by atoms with van der Waals surface area (Å²) in [6, 6.07) is 20.3. The molecule has 0 saturated carbocycles. The third-order valence-corrected chi connectivity index (χ3v) is 5.03. The van der Waals surface area contributed by atoms with Crippen LogP contribution in [0.15, 0.2) is 65.6 Å². The zero-order valence-corrected chi connectivity index (χ0v) is 14.5. The van der Waals surface area contributed by atoms with Gasteiger partial charge in [0.05, 0.1) is 12.2 Å². The Labute approximate surface area is 147 Å². The van der Waals surface area contributed by atoms with Crippen molar-refractivity contribution in [3.05, 3.63) is 66.2 Å². The molecule has 0 amide bonds. The molecule has 0 radical (unpaired) electrons. The molecular weight excluding hydrogens is 320 g/mol. The van der Waals surface area contributed by atoms with Crippen molar-refractivity contribution in [2.45, 2.75) is 23.6 Å². The zero-order chi connectivity index (χ0) is 16.8. The quantitative estimate of drug-likeness (QED) is 0.833. The van der Waals surface area contributed by atoms with Crippen LogP contribution < -0.4 is 0 Å². The van der Waals surface area contributed by atoms with E-state index in [0.717, 1.165) is 11.4 Å². The molecule has 2 unspecified atom stereocenters. The van der Waals surface area contributed by atoms with Crippen LogP contribution in [0.25, 0.3) is 0 Å². The van der Waals surface area contributed by atoms with Gasteiger partial charge in [0, 0.05) is 37.6 Å². The summed E-state index contributed by atoms with van der Waals surface area (Å²) in [6.07, 6.45) is -0.866. The van der Waals surface area contributed by atoms with Gasteiger partial charge < -0.3 is 10.2 Å². The minimum Gasteiger partial charge on any atom is -0.390 e. The van der Waals surface area contributed by atoms with E-state index in [2.05, 4.69) is 21.3 Å². The first-order valence-corrected chi connectivity index (χ1v) is 9.07. The molecule has 2 atom stereocenters. The highest BCUT2D eigenvalue weighted by Crippen LogP contribution is 2.24. The summed E-state index contributed by atoms with van der Waals surface area (Å²) in [5, 5.41) is 20.8. The molecule has 2 N–H and O–H groups in total. The molecule has 2 aromatic rings. The van der Waals surface area contributed by atoms with E-state index in [1.807, 2.05) is 48.5 Å². The lowest BCUT2D eigenvalue weighted by atomic mass is 10.1. The summed E-state index contributed by atoms with van der Waals surface area (Å²) in [6.45, 7) is 2.97. The van der Waals surface area contributed by atoms with Crippen LogP contribution in [-0.2, 0) is 6.54 Å². The van der Waals surface area contributed by atoms with Gasteiger partial charge in [-0.05, 0) is 29.6 Å². The fourth-order valence-electron chi connectivity index (χ4n) is 3.01. The molecule has 1 saturated heterocycles. The molecule has 3 rings (SSSR count). The van der Waals surface area contributed by atoms with E-state index in [1.165, 1.54) is 5.56 Å². The monoisotopic (exact) mass is 344 g/mol. The lowest BCUT2D eigenvalue weighted by Crippen LogP contribution is -2.48. The summed E-state index contributed by atoms with van der Waals surface area (Å²) in [4.78, 5) is 3.26. The normalized spacial score (nSPS) is 23.6. The van der Waals surface area contributed by atoms with Gasteiger partial charge in [0.1, 0.15) is 0 Å². The SMILES string of the molecule is OC1CN(Cc2ccccc2)CC(O)CN(Sc2ccccc2)C1. The van der Waals surface area contributed by atoms with Gasteiger partial charge in [0.25, 0.3) is 0 Å². The predicted octanol–water partition coefficient (Wildman–Crippen LogP) is 2.23. The van der Waals surface area contributed by atoms with Crippen molar-refractivity contribution < 1.29 is 10.2 Å². The first kappa shape index (κ1) is 17.5. The summed E-state index contributed by atoms with van der Waals surface area (Å²) in [7, 11) is 0. The van der Waals surface area contributed by atoms with Crippen molar-refractivity contribution in [1.82, 2.24) is 9.21 Å². The average molecular weight is 344 g/mol. The Morgan fingerprint density at radius 1 is 0.792 bits per heavy atom. The third-order valence-electron chi connectivity index (χ3n) is 3.99.